The van der Waals surface area contributed by atoms with Gasteiger partial charge in [0, 0.05) is 77.2 Å². The highest BCUT2D eigenvalue weighted by atomic mass is 15.2. The van der Waals surface area contributed by atoms with E-state index in [1.807, 2.05) is 0 Å². The van der Waals surface area contributed by atoms with Crippen molar-refractivity contribution in [2.75, 3.05) is 9.80 Å². The molecule has 76 heavy (non-hydrogen) atoms. The van der Waals surface area contributed by atoms with Crippen LogP contribution in [0.15, 0.2) is 243 Å². The van der Waals surface area contributed by atoms with Crippen LogP contribution in [0.3, 0.4) is 0 Å². The normalized spacial score (nSPS) is 13.7. The summed E-state index contributed by atoms with van der Waals surface area (Å²) < 4.78 is 5.45. The van der Waals surface area contributed by atoms with Crippen LogP contribution in [-0.2, 0) is 0 Å². The number of para-hydroxylation sites is 4. The van der Waals surface area contributed by atoms with Crippen LogP contribution in [0.1, 0.15) is 0 Å². The number of nitrogens with zero attached hydrogens (tertiary/aromatic N) is 4. The first-order valence-electron chi connectivity index (χ1n) is 26.7. The number of benzene rings is 13. The van der Waals surface area contributed by atoms with Crippen LogP contribution in [0.25, 0.3) is 98.1 Å². The highest BCUT2D eigenvalue weighted by Gasteiger charge is 2.48. The maximum atomic E-state index is 2.72. The Morgan fingerprint density at radius 1 is 0.250 bits per heavy atom. The smallest absolute Gasteiger partial charge is 0.252 e. The molecule has 0 fully saturated rings. The van der Waals surface area contributed by atoms with Crippen molar-refractivity contribution in [1.29, 1.82) is 0 Å². The van der Waals surface area contributed by atoms with Crippen LogP contribution < -0.4 is 42.6 Å². The lowest BCUT2D eigenvalue weighted by Gasteiger charge is -2.43. The fourth-order valence-electron chi connectivity index (χ4n) is 15.2. The van der Waals surface area contributed by atoms with Crippen molar-refractivity contribution in [2.24, 2.45) is 0 Å². The molecule has 0 amide bonds. The summed E-state index contributed by atoms with van der Waals surface area (Å²) in [4.78, 5) is 5.14. The van der Waals surface area contributed by atoms with E-state index in [1.165, 1.54) is 154 Å². The van der Waals surface area contributed by atoms with Gasteiger partial charge < -0.3 is 18.9 Å². The molecule has 4 aliphatic heterocycles. The van der Waals surface area contributed by atoms with Gasteiger partial charge in [0.1, 0.15) is 0 Å². The van der Waals surface area contributed by atoms with Crippen molar-refractivity contribution >= 4 is 167 Å². The fraction of sp³-hybridized carbons (Fsp3) is 0. The molecule has 0 N–H and O–H groups in total. The van der Waals surface area contributed by atoms with E-state index in [9.17, 15) is 0 Å². The number of anilines is 6. The summed E-state index contributed by atoms with van der Waals surface area (Å²) in [6.45, 7) is -0.145. The lowest BCUT2D eigenvalue weighted by molar-refractivity contribution is 1.16. The standard InChI is InChI=1S/C70H40B2N4/c1-3-21-43(22-4-1)73-57-33-17-15-31-53(57)71-55-39-60-56(40-59(55)75-65-45-25-9-7-19-41(45)35-37-51(65)61-47-27-11-13-29-49(47)67(73)63(71)69(61)75)72-54-32-16-18-34-58(54)74(44-23-5-2-6-24-44)68-50-30-14-12-28-48(50)62-52-38-36-42-20-8-10-26-46(42)66(52)76(60)70(62)64(68)72/h1-40H. The van der Waals surface area contributed by atoms with Crippen molar-refractivity contribution in [3.8, 4) is 11.4 Å². The monoisotopic (exact) mass is 958 g/mol. The van der Waals surface area contributed by atoms with Crippen molar-refractivity contribution in [2.45, 2.75) is 0 Å². The molecule has 4 nitrogen and oxygen atoms in total. The molecule has 0 spiro atoms. The summed E-state index contributed by atoms with van der Waals surface area (Å²) in [5, 5.41) is 15.3. The van der Waals surface area contributed by atoms with Gasteiger partial charge in [-0.25, -0.2) is 0 Å². The molecule has 0 atom stereocenters. The minimum atomic E-state index is -0.0727. The minimum Gasteiger partial charge on any atom is -0.311 e. The van der Waals surface area contributed by atoms with Crippen LogP contribution in [0.5, 0.6) is 0 Å². The maximum absolute atomic E-state index is 2.72. The number of hydrogen-bond donors (Lipinski definition) is 0. The van der Waals surface area contributed by atoms with E-state index in [0.717, 1.165) is 11.4 Å². The molecule has 15 aromatic rings. The quantitative estimate of drug-likeness (QED) is 0.161. The van der Waals surface area contributed by atoms with Gasteiger partial charge in [-0.2, -0.15) is 0 Å². The number of aromatic nitrogens is 2. The van der Waals surface area contributed by atoms with E-state index in [0.29, 0.717) is 0 Å². The van der Waals surface area contributed by atoms with Crippen molar-refractivity contribution in [3.05, 3.63) is 243 Å². The molecule has 6 heteroatoms. The molecule has 2 aromatic heterocycles. The molecule has 0 bridgehead atoms. The van der Waals surface area contributed by atoms with Crippen LogP contribution in [0.4, 0.5) is 34.1 Å². The third-order valence-electron chi connectivity index (χ3n) is 17.9. The molecule has 6 heterocycles. The molecule has 13 aromatic carbocycles. The van der Waals surface area contributed by atoms with Gasteiger partial charge in [-0.3, -0.25) is 0 Å². The largest absolute Gasteiger partial charge is 0.311 e. The Morgan fingerprint density at radius 2 is 0.618 bits per heavy atom. The van der Waals surface area contributed by atoms with Crippen LogP contribution in [0.2, 0.25) is 0 Å². The predicted molar refractivity (Wildman–Crippen MR) is 324 cm³/mol. The van der Waals surface area contributed by atoms with Gasteiger partial charge >= 0.3 is 0 Å². The average Bonchev–Trinajstić information content (AvgIpc) is 4.16. The Hall–Kier alpha value is -9.77. The minimum absolute atomic E-state index is 0.0727. The van der Waals surface area contributed by atoms with Crippen molar-refractivity contribution in [3.63, 3.8) is 0 Å². The number of fused-ring (bicyclic) bond motifs is 26. The summed E-state index contributed by atoms with van der Waals surface area (Å²) in [5.41, 5.74) is 22.9. The summed E-state index contributed by atoms with van der Waals surface area (Å²) in [5.74, 6) is 0. The molecular weight excluding hydrogens is 918 g/mol. The maximum Gasteiger partial charge on any atom is 0.252 e. The SMILES string of the molecule is c1ccc(N2c3ccccc3B3c4cc5c(cc4-n4c6c3c2c2ccccc2c6c2ccc3ccccc3c24)B2c3ccccc3N(c3ccccc3)c3c2c2c(c4ccccc34)c3ccc4ccccc4c3n2-5)cc1. The summed E-state index contributed by atoms with van der Waals surface area (Å²) in [6, 6.07) is 92.0. The van der Waals surface area contributed by atoms with Gasteiger partial charge in [-0.15, -0.1) is 0 Å². The topological polar surface area (TPSA) is 16.3 Å². The first kappa shape index (κ1) is 39.7. The molecule has 0 saturated carbocycles. The van der Waals surface area contributed by atoms with E-state index in [-0.39, 0.29) is 13.4 Å². The van der Waals surface area contributed by atoms with Crippen molar-refractivity contribution < 1.29 is 0 Å². The number of rotatable bonds is 2. The average molecular weight is 959 g/mol. The van der Waals surface area contributed by atoms with Gasteiger partial charge in [0.2, 0.25) is 0 Å². The van der Waals surface area contributed by atoms with E-state index < -0.39 is 0 Å². The van der Waals surface area contributed by atoms with Gasteiger partial charge in [-0.05, 0) is 103 Å². The second-order valence-corrected chi connectivity index (χ2v) is 21.4. The number of hydrogen-bond acceptors (Lipinski definition) is 2. The third-order valence-corrected chi connectivity index (χ3v) is 17.9. The van der Waals surface area contributed by atoms with Crippen LogP contribution in [-0.4, -0.2) is 22.6 Å². The molecular formula is C70H40B2N4. The summed E-state index contributed by atoms with van der Waals surface area (Å²) >= 11 is 0. The van der Waals surface area contributed by atoms with Gasteiger partial charge in [0.25, 0.3) is 13.4 Å². The molecule has 19 rings (SSSR count). The third kappa shape index (κ3) is 4.68. The van der Waals surface area contributed by atoms with Crippen molar-refractivity contribution in [1.82, 2.24) is 9.13 Å². The molecule has 0 aliphatic carbocycles. The van der Waals surface area contributed by atoms with E-state index >= 15 is 0 Å². The molecule has 0 saturated heterocycles. The second kappa shape index (κ2) is 14.1. The lowest BCUT2D eigenvalue weighted by Crippen LogP contribution is -2.63. The second-order valence-electron chi connectivity index (χ2n) is 21.4. The first-order chi connectivity index (χ1) is 37.8. The Bertz CT molecular complexity index is 4830. The highest BCUT2D eigenvalue weighted by molar-refractivity contribution is 7.03. The Balaban J connectivity index is 1.06. The van der Waals surface area contributed by atoms with Gasteiger partial charge in [0.15, 0.2) is 0 Å². The van der Waals surface area contributed by atoms with E-state index in [4.69, 9.17) is 0 Å². The predicted octanol–water partition coefficient (Wildman–Crippen LogP) is 13.7. The van der Waals surface area contributed by atoms with Gasteiger partial charge in [-0.1, -0.05) is 194 Å². The van der Waals surface area contributed by atoms with Crippen LogP contribution in [0, 0.1) is 0 Å². The lowest BCUT2D eigenvalue weighted by atomic mass is 9.31. The van der Waals surface area contributed by atoms with Crippen LogP contribution >= 0.6 is 0 Å². The summed E-state index contributed by atoms with van der Waals surface area (Å²) in [7, 11) is 0. The molecule has 0 radical (unpaired) electrons. The zero-order valence-corrected chi connectivity index (χ0v) is 41.0. The van der Waals surface area contributed by atoms with E-state index in [2.05, 4.69) is 262 Å². The Kier molecular flexibility index (Phi) is 7.36. The molecule has 346 valence electrons. The first-order valence-corrected chi connectivity index (χ1v) is 26.7. The molecule has 4 aliphatic rings. The van der Waals surface area contributed by atoms with Gasteiger partial charge in [0.05, 0.1) is 33.4 Å². The molecule has 0 unspecified atom stereocenters. The highest BCUT2D eigenvalue weighted by Crippen LogP contribution is 2.51. The Morgan fingerprint density at radius 3 is 1.07 bits per heavy atom. The zero-order valence-electron chi connectivity index (χ0n) is 41.0. The fourth-order valence-corrected chi connectivity index (χ4v) is 15.2. The Labute approximate surface area is 437 Å². The van der Waals surface area contributed by atoms with E-state index in [1.54, 1.807) is 0 Å². The zero-order chi connectivity index (χ0) is 49.1. The summed E-state index contributed by atoms with van der Waals surface area (Å²) in [6.07, 6.45) is 0.